The van der Waals surface area contributed by atoms with E-state index in [4.69, 9.17) is 7.85 Å². The molecule has 0 nitrogen and oxygen atoms in total. The van der Waals surface area contributed by atoms with Crippen LogP contribution >= 0.6 is 11.3 Å². The second kappa shape index (κ2) is 3.87. The van der Waals surface area contributed by atoms with Crippen molar-refractivity contribution in [1.82, 2.24) is 0 Å². The van der Waals surface area contributed by atoms with Gasteiger partial charge in [0.15, 0.2) is 0 Å². The number of rotatable bonds is 1. The molecule has 1 aromatic heterocycles. The number of thiophene rings is 1. The normalized spacial score (nSPS) is 19.2. The molecule has 0 atom stereocenters. The molecule has 0 saturated heterocycles. The van der Waals surface area contributed by atoms with Crippen molar-refractivity contribution in [3.8, 4) is 0 Å². The zero-order chi connectivity index (χ0) is 9.26. The minimum absolute atomic E-state index is 0.808. The summed E-state index contributed by atoms with van der Waals surface area (Å²) in [7, 11) is 5.87. The molecule has 13 heavy (non-hydrogen) atoms. The van der Waals surface area contributed by atoms with E-state index in [-0.39, 0.29) is 0 Å². The van der Waals surface area contributed by atoms with Crippen LogP contribution in [0.3, 0.4) is 0 Å². The van der Waals surface area contributed by atoms with Gasteiger partial charge in [0, 0.05) is 0 Å². The topological polar surface area (TPSA) is 0 Å². The smallest absolute Gasteiger partial charge is 0.129 e. The van der Waals surface area contributed by atoms with Crippen LogP contribution in [-0.2, 0) is 0 Å². The first-order valence-corrected chi connectivity index (χ1v) is 6.00. The molecule has 2 heteroatoms. The molecule has 0 aromatic carbocycles. The maximum absolute atomic E-state index is 5.87. The Balaban J connectivity index is 2.18. The summed E-state index contributed by atoms with van der Waals surface area (Å²) in [4.78, 5) is 0. The maximum Gasteiger partial charge on any atom is 0.129 e. The molecule has 68 valence electrons. The van der Waals surface area contributed by atoms with Gasteiger partial charge in [-0.3, -0.25) is 0 Å². The lowest BCUT2D eigenvalue weighted by Gasteiger charge is -2.21. The van der Waals surface area contributed by atoms with Crippen LogP contribution in [-0.4, -0.2) is 7.85 Å². The second-order valence-electron chi connectivity index (χ2n) is 4.02. The SMILES string of the molecule is [B]c1scc(C2CCCCC2)c1C. The van der Waals surface area contributed by atoms with Gasteiger partial charge in [0.1, 0.15) is 7.85 Å². The molecule has 2 rings (SSSR count). The summed E-state index contributed by atoms with van der Waals surface area (Å²) in [6.45, 7) is 2.16. The fourth-order valence-electron chi connectivity index (χ4n) is 2.26. The maximum atomic E-state index is 5.87. The Hall–Kier alpha value is -0.235. The van der Waals surface area contributed by atoms with Gasteiger partial charge in [0.05, 0.1) is 0 Å². The van der Waals surface area contributed by atoms with Gasteiger partial charge in [0.25, 0.3) is 0 Å². The van der Waals surface area contributed by atoms with Gasteiger partial charge in [-0.25, -0.2) is 0 Å². The molecule has 0 unspecified atom stereocenters. The minimum atomic E-state index is 0.808. The Bertz CT molecular complexity index is 284. The van der Waals surface area contributed by atoms with Gasteiger partial charge in [-0.2, -0.15) is 11.3 Å². The summed E-state index contributed by atoms with van der Waals surface area (Å²) < 4.78 is 1.01. The summed E-state index contributed by atoms with van der Waals surface area (Å²) in [6.07, 6.45) is 6.98. The lowest BCUT2D eigenvalue weighted by molar-refractivity contribution is 0.443. The van der Waals surface area contributed by atoms with Gasteiger partial charge >= 0.3 is 0 Å². The van der Waals surface area contributed by atoms with Crippen LogP contribution in [0.2, 0.25) is 0 Å². The average molecular weight is 190 g/mol. The van der Waals surface area contributed by atoms with E-state index >= 15 is 0 Å². The lowest BCUT2D eigenvalue weighted by Crippen LogP contribution is -2.07. The summed E-state index contributed by atoms with van der Waals surface area (Å²) in [5.74, 6) is 0.808. The molecule has 1 saturated carbocycles. The van der Waals surface area contributed by atoms with Crippen LogP contribution in [0.4, 0.5) is 0 Å². The van der Waals surface area contributed by atoms with Crippen LogP contribution in [0.25, 0.3) is 0 Å². The highest BCUT2D eigenvalue weighted by molar-refractivity contribution is 7.18. The first-order chi connectivity index (χ1) is 6.29. The zero-order valence-electron chi connectivity index (χ0n) is 8.18. The van der Waals surface area contributed by atoms with Crippen LogP contribution < -0.4 is 4.78 Å². The third-order valence-corrected chi connectivity index (χ3v) is 4.09. The molecular formula is C11H15BS. The molecular weight excluding hydrogens is 175 g/mol. The monoisotopic (exact) mass is 190 g/mol. The van der Waals surface area contributed by atoms with Crippen molar-refractivity contribution < 1.29 is 0 Å². The van der Waals surface area contributed by atoms with Gasteiger partial charge < -0.3 is 0 Å². The van der Waals surface area contributed by atoms with Crippen molar-refractivity contribution in [3.05, 3.63) is 16.5 Å². The molecule has 1 fully saturated rings. The Kier molecular flexibility index (Phi) is 2.78. The molecule has 1 aliphatic carbocycles. The summed E-state index contributed by atoms with van der Waals surface area (Å²) in [5.41, 5.74) is 2.87. The van der Waals surface area contributed by atoms with Crippen molar-refractivity contribution in [2.75, 3.05) is 0 Å². The minimum Gasteiger partial charge on any atom is -0.160 e. The van der Waals surface area contributed by atoms with Gasteiger partial charge in [-0.1, -0.05) is 19.3 Å². The Labute approximate surface area is 85.8 Å². The predicted molar refractivity (Wildman–Crippen MR) is 60.3 cm³/mol. The lowest BCUT2D eigenvalue weighted by atomic mass is 9.82. The fraction of sp³-hybridized carbons (Fsp3) is 0.636. The standard InChI is InChI=1S/C11H15BS/c1-8-10(7-13-11(8)12)9-5-3-2-4-6-9/h7,9H,2-6H2,1H3. The second-order valence-corrected chi connectivity index (χ2v) is 4.93. The zero-order valence-corrected chi connectivity index (χ0v) is 8.99. The molecule has 0 aliphatic heterocycles. The van der Waals surface area contributed by atoms with Crippen LogP contribution in [0.15, 0.2) is 5.38 Å². The summed E-state index contributed by atoms with van der Waals surface area (Å²) in [5, 5.41) is 2.26. The molecule has 0 bridgehead atoms. The average Bonchev–Trinajstić information content (AvgIpc) is 2.49. The van der Waals surface area contributed by atoms with Gasteiger partial charge in [0.2, 0.25) is 0 Å². The molecule has 1 aromatic rings. The van der Waals surface area contributed by atoms with Crippen LogP contribution in [0.5, 0.6) is 0 Å². The highest BCUT2D eigenvalue weighted by Crippen LogP contribution is 2.34. The van der Waals surface area contributed by atoms with E-state index in [1.54, 1.807) is 11.3 Å². The van der Waals surface area contributed by atoms with E-state index in [0.717, 1.165) is 10.7 Å². The molecule has 0 spiro atoms. The highest BCUT2D eigenvalue weighted by Gasteiger charge is 2.18. The third kappa shape index (κ3) is 1.83. The molecule has 0 N–H and O–H groups in total. The predicted octanol–water partition coefficient (Wildman–Crippen LogP) is 2.90. The van der Waals surface area contributed by atoms with E-state index in [9.17, 15) is 0 Å². The fourth-order valence-corrected chi connectivity index (χ4v) is 3.18. The molecule has 1 heterocycles. The first-order valence-electron chi connectivity index (χ1n) is 5.12. The van der Waals surface area contributed by atoms with E-state index in [1.807, 2.05) is 0 Å². The number of hydrogen-bond donors (Lipinski definition) is 0. The molecule has 1 aliphatic rings. The van der Waals surface area contributed by atoms with Crippen LogP contribution in [0.1, 0.15) is 49.1 Å². The van der Waals surface area contributed by atoms with E-state index in [1.165, 1.54) is 43.2 Å². The Morgan fingerprint density at radius 1 is 1.31 bits per heavy atom. The van der Waals surface area contributed by atoms with Gasteiger partial charge in [-0.05, 0) is 47.0 Å². The molecule has 0 amide bonds. The summed E-state index contributed by atoms with van der Waals surface area (Å²) >= 11 is 1.70. The van der Waals surface area contributed by atoms with E-state index in [0.29, 0.717) is 0 Å². The third-order valence-electron chi connectivity index (χ3n) is 3.16. The van der Waals surface area contributed by atoms with E-state index in [2.05, 4.69) is 12.3 Å². The Morgan fingerprint density at radius 3 is 2.54 bits per heavy atom. The van der Waals surface area contributed by atoms with Crippen LogP contribution in [0, 0.1) is 6.92 Å². The molecule has 2 radical (unpaired) electrons. The highest BCUT2D eigenvalue weighted by atomic mass is 32.1. The van der Waals surface area contributed by atoms with Crippen molar-refractivity contribution in [2.45, 2.75) is 44.9 Å². The summed E-state index contributed by atoms with van der Waals surface area (Å²) in [6, 6.07) is 0. The van der Waals surface area contributed by atoms with Crippen molar-refractivity contribution in [1.29, 1.82) is 0 Å². The Morgan fingerprint density at radius 2 is 2.00 bits per heavy atom. The van der Waals surface area contributed by atoms with Gasteiger partial charge in [-0.15, -0.1) is 0 Å². The number of hydrogen-bond acceptors (Lipinski definition) is 1. The van der Waals surface area contributed by atoms with Crippen molar-refractivity contribution in [2.24, 2.45) is 0 Å². The first kappa shape index (κ1) is 9.33. The van der Waals surface area contributed by atoms with E-state index < -0.39 is 0 Å². The largest absolute Gasteiger partial charge is 0.160 e. The van der Waals surface area contributed by atoms with Crippen molar-refractivity contribution >= 4 is 24.0 Å². The van der Waals surface area contributed by atoms with Crippen molar-refractivity contribution in [3.63, 3.8) is 0 Å². The quantitative estimate of drug-likeness (QED) is 0.597.